The predicted octanol–water partition coefficient (Wildman–Crippen LogP) is 4.97. The summed E-state index contributed by atoms with van der Waals surface area (Å²) in [4.78, 5) is 28.0. The zero-order valence-corrected chi connectivity index (χ0v) is 22.8. The number of hydrogen-bond donors (Lipinski definition) is 1. The van der Waals surface area contributed by atoms with E-state index >= 15 is 0 Å². The van der Waals surface area contributed by atoms with E-state index in [1.807, 2.05) is 30.3 Å². The van der Waals surface area contributed by atoms with E-state index in [2.05, 4.69) is 0 Å². The molecule has 1 aliphatic carbocycles. The van der Waals surface area contributed by atoms with Crippen molar-refractivity contribution in [1.82, 2.24) is 9.96 Å². The van der Waals surface area contributed by atoms with Crippen molar-refractivity contribution in [1.29, 1.82) is 0 Å². The van der Waals surface area contributed by atoms with Crippen LogP contribution in [-0.2, 0) is 25.2 Å². The van der Waals surface area contributed by atoms with Crippen LogP contribution in [0.25, 0.3) is 0 Å². The minimum absolute atomic E-state index is 0.122. The number of hydrogen-bond acceptors (Lipinski definition) is 6. The second kappa shape index (κ2) is 11.4. The standard InChI is InChI=1S/C26H30Cl2N2O6S/c1-26(14-23(31)32)13-21(18-4-3-5-20(28)12-18)24(17-8-10-19(27)11-9-17)30(25(26)33)22(16-6-7-16)15-29(2)36-37(34)35/h3-5,8-12,16,21-22,24H,6-7,13-15H2,1-2H3,(H,31,32)(H,34,35)/p-1. The van der Waals surface area contributed by atoms with Crippen LogP contribution >= 0.6 is 23.2 Å². The van der Waals surface area contributed by atoms with Crippen LogP contribution < -0.4 is 0 Å². The molecule has 0 aromatic heterocycles. The van der Waals surface area contributed by atoms with Gasteiger partial charge in [-0.1, -0.05) is 54.4 Å². The molecule has 200 valence electrons. The summed E-state index contributed by atoms with van der Waals surface area (Å²) in [7, 11) is 1.50. The molecule has 4 rings (SSSR count). The molecule has 1 saturated carbocycles. The average molecular weight is 568 g/mol. The first kappa shape index (κ1) is 28.0. The number of piperidine rings is 1. The van der Waals surface area contributed by atoms with Crippen molar-refractivity contribution >= 4 is 46.4 Å². The Kier molecular flexibility index (Phi) is 8.62. The van der Waals surface area contributed by atoms with Gasteiger partial charge in [0.2, 0.25) is 5.91 Å². The van der Waals surface area contributed by atoms with Crippen LogP contribution in [0.3, 0.4) is 0 Å². The van der Waals surface area contributed by atoms with Gasteiger partial charge >= 0.3 is 5.97 Å². The molecule has 5 unspecified atom stereocenters. The van der Waals surface area contributed by atoms with Gasteiger partial charge in [0.05, 0.1) is 23.9 Å². The van der Waals surface area contributed by atoms with Crippen molar-refractivity contribution in [3.63, 3.8) is 0 Å². The number of aliphatic carboxylic acids is 1. The number of carbonyl (C=O) groups is 2. The number of likely N-dealkylation sites (N-methyl/N-ethyl adjacent to an activating group) is 1. The number of halogens is 2. The number of carboxylic acids is 1. The van der Waals surface area contributed by atoms with Crippen LogP contribution in [0.15, 0.2) is 48.5 Å². The lowest BCUT2D eigenvalue weighted by Crippen LogP contribution is -2.58. The van der Waals surface area contributed by atoms with E-state index in [0.717, 1.165) is 24.0 Å². The molecule has 8 nitrogen and oxygen atoms in total. The zero-order valence-electron chi connectivity index (χ0n) is 20.5. The topological polar surface area (TPSA) is 110 Å². The van der Waals surface area contributed by atoms with Crippen molar-refractivity contribution in [2.45, 2.75) is 50.6 Å². The van der Waals surface area contributed by atoms with E-state index in [4.69, 9.17) is 27.5 Å². The molecule has 37 heavy (non-hydrogen) atoms. The number of benzene rings is 2. The molecule has 2 aliphatic rings. The van der Waals surface area contributed by atoms with Gasteiger partial charge in [-0.05, 0) is 60.6 Å². The molecule has 2 aromatic rings. The molecule has 1 saturated heterocycles. The molecule has 2 aromatic carbocycles. The van der Waals surface area contributed by atoms with Gasteiger partial charge in [0, 0.05) is 29.6 Å². The van der Waals surface area contributed by atoms with E-state index in [-0.39, 0.29) is 30.7 Å². The van der Waals surface area contributed by atoms with Gasteiger partial charge in [0.1, 0.15) is 11.4 Å². The maximum absolute atomic E-state index is 14.3. The van der Waals surface area contributed by atoms with Crippen LogP contribution in [0.1, 0.15) is 55.7 Å². The minimum atomic E-state index is -2.76. The van der Waals surface area contributed by atoms with Crippen molar-refractivity contribution in [3.05, 3.63) is 69.7 Å². The highest BCUT2D eigenvalue weighted by atomic mass is 35.5. The number of likely N-dealkylation sites (tertiary alicyclic amines) is 1. The van der Waals surface area contributed by atoms with Crippen LogP contribution in [0, 0.1) is 11.3 Å². The lowest BCUT2D eigenvalue weighted by atomic mass is 9.67. The van der Waals surface area contributed by atoms with Gasteiger partial charge in [-0.2, -0.15) is 5.06 Å². The quantitative estimate of drug-likeness (QED) is 0.318. The van der Waals surface area contributed by atoms with Crippen molar-refractivity contribution in [2.75, 3.05) is 13.6 Å². The molecule has 1 heterocycles. The Hall–Kier alpha value is -2.01. The highest BCUT2D eigenvalue weighted by molar-refractivity contribution is 7.74. The zero-order chi connectivity index (χ0) is 26.9. The van der Waals surface area contributed by atoms with Crippen molar-refractivity contribution < 1.29 is 27.7 Å². The molecule has 1 amide bonds. The van der Waals surface area contributed by atoms with Crippen molar-refractivity contribution in [3.8, 4) is 0 Å². The highest BCUT2D eigenvalue weighted by Gasteiger charge is 2.54. The first-order valence-corrected chi connectivity index (χ1v) is 13.8. The lowest BCUT2D eigenvalue weighted by Gasteiger charge is -2.52. The third-order valence-corrected chi connectivity index (χ3v) is 8.15. The van der Waals surface area contributed by atoms with Crippen LogP contribution in [0.5, 0.6) is 0 Å². The number of hydroxylamine groups is 2. The Morgan fingerprint density at radius 3 is 2.46 bits per heavy atom. The summed E-state index contributed by atoms with van der Waals surface area (Å²) in [5.41, 5.74) is 0.554. The molecule has 0 spiro atoms. The Morgan fingerprint density at radius 2 is 1.89 bits per heavy atom. The molecule has 2 fully saturated rings. The molecular weight excluding hydrogens is 539 g/mol. The van der Waals surface area contributed by atoms with Gasteiger partial charge in [-0.15, -0.1) is 0 Å². The molecule has 1 aliphatic heterocycles. The normalized spacial score (nSPS) is 25.8. The first-order chi connectivity index (χ1) is 17.5. The number of rotatable bonds is 10. The summed E-state index contributed by atoms with van der Waals surface area (Å²) in [6, 6.07) is 13.8. The Morgan fingerprint density at radius 1 is 1.22 bits per heavy atom. The van der Waals surface area contributed by atoms with E-state index < -0.39 is 34.8 Å². The Bertz CT molecular complexity index is 1180. The SMILES string of the molecule is CN(CC(C1CC1)N1C(=O)C(C)(CC(=O)O)CC(c2cccc(Cl)c2)C1c1ccc(Cl)cc1)OS(=O)[O-]. The number of carboxylic acid groups (broad SMARTS) is 1. The maximum atomic E-state index is 14.3. The number of nitrogens with zero attached hydrogens (tertiary/aromatic N) is 2. The fourth-order valence-corrected chi connectivity index (χ4v) is 6.18. The molecule has 5 atom stereocenters. The summed E-state index contributed by atoms with van der Waals surface area (Å²) < 4.78 is 27.3. The minimum Gasteiger partial charge on any atom is -0.748 e. The number of amides is 1. The summed E-state index contributed by atoms with van der Waals surface area (Å²) >= 11 is 9.79. The molecule has 11 heteroatoms. The highest BCUT2D eigenvalue weighted by Crippen LogP contribution is 2.54. The average Bonchev–Trinajstić information content (AvgIpc) is 3.64. The van der Waals surface area contributed by atoms with Gasteiger partial charge in [0.25, 0.3) is 0 Å². The van der Waals surface area contributed by atoms with Gasteiger partial charge < -0.3 is 14.6 Å². The summed E-state index contributed by atoms with van der Waals surface area (Å²) in [5, 5.41) is 12.1. The van der Waals surface area contributed by atoms with Gasteiger partial charge in [-0.3, -0.25) is 9.59 Å². The largest absolute Gasteiger partial charge is 0.748 e. The van der Waals surface area contributed by atoms with Gasteiger partial charge in [-0.25, -0.2) is 8.49 Å². The second-order valence-electron chi connectivity index (χ2n) is 10.2. The van der Waals surface area contributed by atoms with Crippen LogP contribution in [0.4, 0.5) is 0 Å². The third kappa shape index (κ3) is 6.53. The molecule has 0 bridgehead atoms. The summed E-state index contributed by atoms with van der Waals surface area (Å²) in [5.74, 6) is -1.49. The fraction of sp³-hybridized carbons (Fsp3) is 0.462. The smallest absolute Gasteiger partial charge is 0.304 e. The van der Waals surface area contributed by atoms with E-state index in [9.17, 15) is 23.5 Å². The van der Waals surface area contributed by atoms with Crippen LogP contribution in [-0.4, -0.2) is 55.3 Å². The monoisotopic (exact) mass is 567 g/mol. The molecular formula is C26H29Cl2N2O6S-. The van der Waals surface area contributed by atoms with E-state index in [1.54, 1.807) is 30.0 Å². The lowest BCUT2D eigenvalue weighted by molar-refractivity contribution is -0.163. The second-order valence-corrected chi connectivity index (χ2v) is 11.6. The van der Waals surface area contributed by atoms with Crippen molar-refractivity contribution in [2.24, 2.45) is 11.3 Å². The third-order valence-electron chi connectivity index (χ3n) is 7.29. The van der Waals surface area contributed by atoms with E-state index in [1.165, 1.54) is 12.1 Å². The van der Waals surface area contributed by atoms with Crippen LogP contribution in [0.2, 0.25) is 10.0 Å². The predicted molar refractivity (Wildman–Crippen MR) is 139 cm³/mol. The molecule has 1 N–H and O–H groups in total. The first-order valence-electron chi connectivity index (χ1n) is 12.0. The Balaban J connectivity index is 1.88. The fourth-order valence-electron chi connectivity index (χ4n) is 5.59. The summed E-state index contributed by atoms with van der Waals surface area (Å²) in [6.45, 7) is 1.84. The maximum Gasteiger partial charge on any atom is 0.304 e. The number of carbonyl (C=O) groups excluding carboxylic acids is 1. The van der Waals surface area contributed by atoms with E-state index in [0.29, 0.717) is 16.5 Å². The molecule has 0 radical (unpaired) electrons. The Labute approximate surface area is 228 Å². The summed E-state index contributed by atoms with van der Waals surface area (Å²) in [6.07, 6.45) is 1.71. The van der Waals surface area contributed by atoms with Gasteiger partial charge in [0.15, 0.2) is 0 Å².